The Balaban J connectivity index is 2.10. The van der Waals surface area contributed by atoms with Crippen LogP contribution in [-0.4, -0.2) is 15.9 Å². The van der Waals surface area contributed by atoms with Crippen molar-refractivity contribution in [3.8, 4) is 0 Å². The Morgan fingerprint density at radius 1 is 1.28 bits per heavy atom. The number of nitrogens with one attached hydrogen (secondary N) is 1. The van der Waals surface area contributed by atoms with Crippen LogP contribution in [0.4, 0.5) is 11.4 Å². The Hall–Kier alpha value is -2.17. The molecule has 1 fully saturated rings. The summed E-state index contributed by atoms with van der Waals surface area (Å²) in [5.74, 6) is 0. The van der Waals surface area contributed by atoms with Gasteiger partial charge in [-0.2, -0.15) is 0 Å². The van der Waals surface area contributed by atoms with Crippen molar-refractivity contribution in [2.45, 2.75) is 25.3 Å². The van der Waals surface area contributed by atoms with E-state index in [4.69, 9.17) is 0 Å². The first-order chi connectivity index (χ1) is 8.75. The molecule has 0 bridgehead atoms. The Bertz CT molecular complexity index is 608. The zero-order valence-corrected chi connectivity index (χ0v) is 9.80. The first kappa shape index (κ1) is 11.0. The molecule has 1 aromatic heterocycles. The molecule has 18 heavy (non-hydrogen) atoms. The van der Waals surface area contributed by atoms with Gasteiger partial charge in [-0.15, -0.1) is 0 Å². The number of hydrogen-bond donors (Lipinski definition) is 1. The van der Waals surface area contributed by atoms with Crippen LogP contribution in [0.15, 0.2) is 30.6 Å². The number of nitrogens with zero attached hydrogens (tertiary/aromatic N) is 2. The summed E-state index contributed by atoms with van der Waals surface area (Å²) in [5.41, 5.74) is 1.07. The molecule has 92 valence electrons. The van der Waals surface area contributed by atoms with Crippen molar-refractivity contribution in [2.75, 3.05) is 5.32 Å². The van der Waals surface area contributed by atoms with Crippen LogP contribution in [0.5, 0.6) is 0 Å². The molecule has 0 atom stereocenters. The summed E-state index contributed by atoms with van der Waals surface area (Å²) < 4.78 is 0. The molecule has 1 aliphatic carbocycles. The third kappa shape index (κ3) is 1.77. The van der Waals surface area contributed by atoms with Gasteiger partial charge in [0.05, 0.1) is 10.3 Å². The van der Waals surface area contributed by atoms with Crippen LogP contribution in [0.3, 0.4) is 0 Å². The molecule has 0 spiro atoms. The summed E-state index contributed by atoms with van der Waals surface area (Å²) in [6.45, 7) is 0. The van der Waals surface area contributed by atoms with Crippen LogP contribution in [0.2, 0.25) is 0 Å². The summed E-state index contributed by atoms with van der Waals surface area (Å²) in [6.07, 6.45) is 6.85. The highest BCUT2D eigenvalue weighted by atomic mass is 16.6. The fourth-order valence-electron chi connectivity index (χ4n) is 2.23. The topological polar surface area (TPSA) is 68.1 Å². The third-order valence-electron chi connectivity index (χ3n) is 3.46. The van der Waals surface area contributed by atoms with Gasteiger partial charge in [-0.25, -0.2) is 0 Å². The molecule has 3 rings (SSSR count). The quantitative estimate of drug-likeness (QED) is 0.664. The van der Waals surface area contributed by atoms with Gasteiger partial charge in [-0.05, 0) is 31.4 Å². The van der Waals surface area contributed by atoms with E-state index >= 15 is 0 Å². The van der Waals surface area contributed by atoms with Crippen molar-refractivity contribution < 1.29 is 4.92 Å². The van der Waals surface area contributed by atoms with Crippen molar-refractivity contribution in [3.63, 3.8) is 0 Å². The van der Waals surface area contributed by atoms with Crippen molar-refractivity contribution in [1.82, 2.24) is 4.98 Å². The molecule has 1 N–H and O–H groups in total. The van der Waals surface area contributed by atoms with Crippen LogP contribution in [0.1, 0.15) is 19.3 Å². The van der Waals surface area contributed by atoms with Gasteiger partial charge in [0, 0.05) is 35.6 Å². The van der Waals surface area contributed by atoms with E-state index in [9.17, 15) is 10.1 Å². The van der Waals surface area contributed by atoms with Gasteiger partial charge in [-0.1, -0.05) is 0 Å². The van der Waals surface area contributed by atoms with E-state index < -0.39 is 0 Å². The monoisotopic (exact) mass is 243 g/mol. The third-order valence-corrected chi connectivity index (χ3v) is 3.46. The van der Waals surface area contributed by atoms with Crippen LogP contribution in [0, 0.1) is 10.1 Å². The van der Waals surface area contributed by atoms with Crippen molar-refractivity contribution in [3.05, 3.63) is 40.7 Å². The van der Waals surface area contributed by atoms with Crippen LogP contribution >= 0.6 is 0 Å². The summed E-state index contributed by atoms with van der Waals surface area (Å²) in [6, 6.07) is 5.53. The first-order valence-corrected chi connectivity index (χ1v) is 6.03. The molecule has 1 aromatic carbocycles. The number of pyridine rings is 1. The van der Waals surface area contributed by atoms with E-state index in [2.05, 4.69) is 10.3 Å². The lowest BCUT2D eigenvalue weighted by Gasteiger charge is -2.28. The zero-order chi connectivity index (χ0) is 12.5. The lowest BCUT2D eigenvalue weighted by Crippen LogP contribution is -2.27. The largest absolute Gasteiger partial charge is 0.382 e. The van der Waals surface area contributed by atoms with Crippen molar-refractivity contribution >= 4 is 22.1 Å². The normalized spacial score (nSPS) is 15.3. The van der Waals surface area contributed by atoms with Gasteiger partial charge in [0.25, 0.3) is 5.69 Å². The minimum absolute atomic E-state index is 0.131. The Morgan fingerprint density at radius 2 is 2.11 bits per heavy atom. The molecular formula is C13H13N3O2. The van der Waals surface area contributed by atoms with Crippen molar-refractivity contribution in [2.24, 2.45) is 0 Å². The molecule has 2 aromatic rings. The highest BCUT2D eigenvalue weighted by Gasteiger charge is 2.20. The lowest BCUT2D eigenvalue weighted by atomic mass is 9.92. The number of nitro groups is 1. The molecule has 0 saturated heterocycles. The van der Waals surface area contributed by atoms with Crippen LogP contribution < -0.4 is 5.32 Å². The van der Waals surface area contributed by atoms with E-state index in [0.29, 0.717) is 11.4 Å². The smallest absolute Gasteiger partial charge is 0.277 e. The van der Waals surface area contributed by atoms with Gasteiger partial charge in [-0.3, -0.25) is 15.1 Å². The van der Waals surface area contributed by atoms with Gasteiger partial charge in [0.1, 0.15) is 0 Å². The van der Waals surface area contributed by atoms with E-state index in [1.807, 2.05) is 0 Å². The Morgan fingerprint density at radius 3 is 2.78 bits per heavy atom. The Labute approximate surface area is 104 Å². The molecule has 1 saturated carbocycles. The molecule has 0 amide bonds. The number of hydrogen-bond acceptors (Lipinski definition) is 4. The van der Waals surface area contributed by atoms with Crippen molar-refractivity contribution in [1.29, 1.82) is 0 Å². The molecule has 5 heteroatoms. The minimum atomic E-state index is -0.352. The fourth-order valence-corrected chi connectivity index (χ4v) is 2.23. The number of anilines is 1. The SMILES string of the molecule is O=[N+]([O-])c1ccc(NC2CCC2)c2cnccc12. The number of nitro benzene ring substituents is 1. The summed E-state index contributed by atoms with van der Waals surface area (Å²) in [5, 5.41) is 15.9. The second kappa shape index (κ2) is 4.25. The van der Waals surface area contributed by atoms with E-state index in [1.165, 1.54) is 19.3 Å². The second-order valence-electron chi connectivity index (χ2n) is 4.58. The first-order valence-electron chi connectivity index (χ1n) is 6.03. The predicted molar refractivity (Wildman–Crippen MR) is 69.7 cm³/mol. The number of aromatic nitrogens is 1. The number of fused-ring (bicyclic) bond motifs is 1. The standard InChI is InChI=1S/C13H13N3O2/c17-16(18)13-5-4-12(15-9-2-1-3-9)11-8-14-7-6-10(11)13/h4-9,15H,1-3H2. The van der Waals surface area contributed by atoms with Gasteiger partial charge < -0.3 is 5.32 Å². The van der Waals surface area contributed by atoms with E-state index in [-0.39, 0.29) is 10.6 Å². The summed E-state index contributed by atoms with van der Waals surface area (Å²) >= 11 is 0. The van der Waals surface area contributed by atoms with Gasteiger partial charge >= 0.3 is 0 Å². The molecule has 1 aliphatic rings. The average Bonchev–Trinajstić information content (AvgIpc) is 2.33. The Kier molecular flexibility index (Phi) is 2.59. The predicted octanol–water partition coefficient (Wildman–Crippen LogP) is 3.11. The number of rotatable bonds is 3. The maximum absolute atomic E-state index is 11.0. The maximum Gasteiger partial charge on any atom is 0.277 e. The summed E-state index contributed by atoms with van der Waals surface area (Å²) in [4.78, 5) is 14.7. The lowest BCUT2D eigenvalue weighted by molar-refractivity contribution is -0.383. The summed E-state index contributed by atoms with van der Waals surface area (Å²) in [7, 11) is 0. The molecule has 0 radical (unpaired) electrons. The zero-order valence-electron chi connectivity index (χ0n) is 9.80. The highest BCUT2D eigenvalue weighted by Crippen LogP contribution is 2.33. The minimum Gasteiger partial charge on any atom is -0.382 e. The number of non-ortho nitro benzene ring substituents is 1. The maximum atomic E-state index is 11.0. The number of benzene rings is 1. The van der Waals surface area contributed by atoms with Gasteiger partial charge in [0.2, 0.25) is 0 Å². The average molecular weight is 243 g/mol. The van der Waals surface area contributed by atoms with Gasteiger partial charge in [0.15, 0.2) is 0 Å². The van der Waals surface area contributed by atoms with E-state index in [1.54, 1.807) is 30.6 Å². The molecule has 5 nitrogen and oxygen atoms in total. The second-order valence-corrected chi connectivity index (χ2v) is 4.58. The highest BCUT2D eigenvalue weighted by molar-refractivity contribution is 5.99. The van der Waals surface area contributed by atoms with Crippen LogP contribution in [0.25, 0.3) is 10.8 Å². The fraction of sp³-hybridized carbons (Fsp3) is 0.308. The van der Waals surface area contributed by atoms with E-state index in [0.717, 1.165) is 11.1 Å². The molecule has 0 unspecified atom stereocenters. The molecule has 0 aliphatic heterocycles. The molecular weight excluding hydrogens is 230 g/mol. The van der Waals surface area contributed by atoms with Crippen LogP contribution in [-0.2, 0) is 0 Å². The molecule has 1 heterocycles.